The lowest BCUT2D eigenvalue weighted by atomic mass is 9.70. The molecule has 1 N–H and O–H groups in total. The highest BCUT2D eigenvalue weighted by molar-refractivity contribution is 4.89. The first kappa shape index (κ1) is 13.4. The molecule has 1 saturated carbocycles. The van der Waals surface area contributed by atoms with E-state index in [0.29, 0.717) is 17.6 Å². The van der Waals surface area contributed by atoms with Crippen molar-refractivity contribution in [1.82, 2.24) is 5.32 Å². The summed E-state index contributed by atoms with van der Waals surface area (Å²) in [6.45, 7) is 10.4. The van der Waals surface area contributed by atoms with Crippen LogP contribution in [0.4, 0.5) is 0 Å². The summed E-state index contributed by atoms with van der Waals surface area (Å²) in [6.07, 6.45) is 6.90. The molecule has 0 amide bonds. The second-order valence-electron chi connectivity index (χ2n) is 7.06. The van der Waals surface area contributed by atoms with Gasteiger partial charge in [-0.15, -0.1) is 0 Å². The molecule has 1 aliphatic heterocycles. The molecule has 2 fully saturated rings. The van der Waals surface area contributed by atoms with Crippen LogP contribution in [0.25, 0.3) is 0 Å². The van der Waals surface area contributed by atoms with Gasteiger partial charge in [-0.1, -0.05) is 20.8 Å². The minimum Gasteiger partial charge on any atom is -0.378 e. The van der Waals surface area contributed by atoms with Gasteiger partial charge in [-0.05, 0) is 50.4 Å². The molecule has 0 aromatic carbocycles. The monoisotopic (exact) mass is 239 g/mol. The van der Waals surface area contributed by atoms with Crippen LogP contribution in [0.1, 0.15) is 59.8 Å². The minimum atomic E-state index is 0.441. The fraction of sp³-hybridized carbons (Fsp3) is 1.00. The topological polar surface area (TPSA) is 21.3 Å². The van der Waals surface area contributed by atoms with Crippen molar-refractivity contribution in [2.45, 2.75) is 78.0 Å². The minimum absolute atomic E-state index is 0.441. The molecular weight excluding hydrogens is 210 g/mol. The lowest BCUT2D eigenvalue weighted by molar-refractivity contribution is 0.00652. The van der Waals surface area contributed by atoms with Gasteiger partial charge in [0.15, 0.2) is 0 Å². The molecule has 0 spiro atoms. The molecule has 0 aromatic heterocycles. The summed E-state index contributed by atoms with van der Waals surface area (Å²) >= 11 is 0. The SMILES string of the molecule is CC1CC(NC2CCC(C)(C)CC2C)CCO1. The third-order valence-electron chi connectivity index (χ3n) is 4.63. The van der Waals surface area contributed by atoms with Gasteiger partial charge in [0.05, 0.1) is 6.10 Å². The third-order valence-corrected chi connectivity index (χ3v) is 4.63. The Hall–Kier alpha value is -0.0800. The Morgan fingerprint density at radius 1 is 1.18 bits per heavy atom. The van der Waals surface area contributed by atoms with E-state index < -0.39 is 0 Å². The van der Waals surface area contributed by atoms with Crippen molar-refractivity contribution in [2.24, 2.45) is 11.3 Å². The largest absolute Gasteiger partial charge is 0.378 e. The maximum Gasteiger partial charge on any atom is 0.0561 e. The number of nitrogens with one attached hydrogen (secondary N) is 1. The van der Waals surface area contributed by atoms with Crippen molar-refractivity contribution in [2.75, 3.05) is 6.61 Å². The van der Waals surface area contributed by atoms with Crippen molar-refractivity contribution in [3.8, 4) is 0 Å². The summed E-state index contributed by atoms with van der Waals surface area (Å²) in [5.41, 5.74) is 0.556. The second-order valence-corrected chi connectivity index (χ2v) is 7.06. The highest BCUT2D eigenvalue weighted by atomic mass is 16.5. The van der Waals surface area contributed by atoms with Crippen LogP contribution in [0.5, 0.6) is 0 Å². The van der Waals surface area contributed by atoms with E-state index in [2.05, 4.69) is 33.0 Å². The average molecular weight is 239 g/mol. The van der Waals surface area contributed by atoms with E-state index in [0.717, 1.165) is 18.6 Å². The van der Waals surface area contributed by atoms with Crippen LogP contribution in [0.2, 0.25) is 0 Å². The van der Waals surface area contributed by atoms with E-state index >= 15 is 0 Å². The Labute approximate surface area is 107 Å². The number of hydrogen-bond acceptors (Lipinski definition) is 2. The molecule has 100 valence electrons. The molecule has 1 heterocycles. The van der Waals surface area contributed by atoms with Crippen molar-refractivity contribution >= 4 is 0 Å². The highest BCUT2D eigenvalue weighted by Gasteiger charge is 2.33. The molecule has 4 atom stereocenters. The summed E-state index contributed by atoms with van der Waals surface area (Å²) in [5, 5.41) is 3.90. The van der Waals surface area contributed by atoms with Crippen LogP contribution in [0, 0.1) is 11.3 Å². The van der Waals surface area contributed by atoms with Crippen molar-refractivity contribution in [1.29, 1.82) is 0 Å². The van der Waals surface area contributed by atoms with Gasteiger partial charge in [0.1, 0.15) is 0 Å². The molecule has 1 aliphatic carbocycles. The van der Waals surface area contributed by atoms with Crippen LogP contribution >= 0.6 is 0 Å². The molecule has 1 saturated heterocycles. The van der Waals surface area contributed by atoms with Crippen LogP contribution in [-0.4, -0.2) is 24.8 Å². The Bertz CT molecular complexity index is 251. The van der Waals surface area contributed by atoms with Crippen LogP contribution in [-0.2, 0) is 4.74 Å². The Kier molecular flexibility index (Phi) is 4.14. The zero-order valence-electron chi connectivity index (χ0n) is 12.0. The maximum atomic E-state index is 5.62. The lowest BCUT2D eigenvalue weighted by Gasteiger charge is -2.42. The quantitative estimate of drug-likeness (QED) is 0.798. The number of hydrogen-bond donors (Lipinski definition) is 1. The van der Waals surface area contributed by atoms with E-state index in [4.69, 9.17) is 4.74 Å². The Balaban J connectivity index is 1.83. The molecule has 2 heteroatoms. The molecule has 17 heavy (non-hydrogen) atoms. The molecule has 0 radical (unpaired) electrons. The smallest absolute Gasteiger partial charge is 0.0561 e. The zero-order chi connectivity index (χ0) is 12.5. The van der Waals surface area contributed by atoms with Crippen LogP contribution < -0.4 is 5.32 Å². The summed E-state index contributed by atoms with van der Waals surface area (Å²) in [5.74, 6) is 0.817. The first-order valence-electron chi connectivity index (χ1n) is 7.34. The Morgan fingerprint density at radius 2 is 1.94 bits per heavy atom. The van der Waals surface area contributed by atoms with E-state index in [1.807, 2.05) is 0 Å². The predicted molar refractivity (Wildman–Crippen MR) is 72.2 cm³/mol. The van der Waals surface area contributed by atoms with Gasteiger partial charge in [-0.3, -0.25) is 0 Å². The van der Waals surface area contributed by atoms with Crippen molar-refractivity contribution in [3.05, 3.63) is 0 Å². The van der Waals surface area contributed by atoms with Crippen molar-refractivity contribution in [3.63, 3.8) is 0 Å². The fourth-order valence-electron chi connectivity index (χ4n) is 3.65. The average Bonchev–Trinajstić information content (AvgIpc) is 2.22. The van der Waals surface area contributed by atoms with Gasteiger partial charge in [0, 0.05) is 18.7 Å². The van der Waals surface area contributed by atoms with E-state index in [1.165, 1.54) is 32.1 Å². The van der Waals surface area contributed by atoms with Gasteiger partial charge in [0.25, 0.3) is 0 Å². The molecule has 2 nitrogen and oxygen atoms in total. The molecule has 2 aliphatic rings. The first-order chi connectivity index (χ1) is 7.96. The summed E-state index contributed by atoms with van der Waals surface area (Å²) in [6, 6.07) is 1.42. The fourth-order valence-corrected chi connectivity index (χ4v) is 3.65. The number of rotatable bonds is 2. The van der Waals surface area contributed by atoms with E-state index in [-0.39, 0.29) is 0 Å². The first-order valence-corrected chi connectivity index (χ1v) is 7.34. The van der Waals surface area contributed by atoms with Crippen LogP contribution in [0.15, 0.2) is 0 Å². The second kappa shape index (κ2) is 5.27. The normalized spacial score (nSPS) is 42.4. The molecular formula is C15H29NO. The number of ether oxygens (including phenoxy) is 1. The van der Waals surface area contributed by atoms with Gasteiger partial charge in [-0.25, -0.2) is 0 Å². The highest BCUT2D eigenvalue weighted by Crippen LogP contribution is 2.38. The predicted octanol–water partition coefficient (Wildman–Crippen LogP) is 3.36. The molecule has 0 bridgehead atoms. The molecule has 0 aromatic rings. The van der Waals surface area contributed by atoms with E-state index in [9.17, 15) is 0 Å². The van der Waals surface area contributed by atoms with E-state index in [1.54, 1.807) is 0 Å². The molecule has 2 rings (SSSR count). The summed E-state index contributed by atoms with van der Waals surface area (Å²) in [4.78, 5) is 0. The summed E-state index contributed by atoms with van der Waals surface area (Å²) < 4.78 is 5.62. The Morgan fingerprint density at radius 3 is 2.59 bits per heavy atom. The van der Waals surface area contributed by atoms with Gasteiger partial charge in [-0.2, -0.15) is 0 Å². The zero-order valence-corrected chi connectivity index (χ0v) is 12.0. The maximum absolute atomic E-state index is 5.62. The molecule has 4 unspecified atom stereocenters. The van der Waals surface area contributed by atoms with Gasteiger partial charge in [0.2, 0.25) is 0 Å². The third kappa shape index (κ3) is 3.69. The van der Waals surface area contributed by atoms with Crippen molar-refractivity contribution < 1.29 is 4.74 Å². The van der Waals surface area contributed by atoms with Crippen LogP contribution in [0.3, 0.4) is 0 Å². The summed E-state index contributed by atoms with van der Waals surface area (Å²) in [7, 11) is 0. The lowest BCUT2D eigenvalue weighted by Crippen LogP contribution is -2.48. The van der Waals surface area contributed by atoms with Gasteiger partial charge >= 0.3 is 0 Å². The van der Waals surface area contributed by atoms with Gasteiger partial charge < -0.3 is 10.1 Å². The standard InChI is InChI=1S/C15H29NO/c1-11-10-15(3,4)7-5-14(11)16-13-6-8-17-12(2)9-13/h11-14,16H,5-10H2,1-4H3.